The molecule has 0 aromatic carbocycles. The van der Waals surface area contributed by atoms with Crippen molar-refractivity contribution in [1.29, 1.82) is 0 Å². The van der Waals surface area contributed by atoms with Crippen LogP contribution in [0.15, 0.2) is 0 Å². The quantitative estimate of drug-likeness (QED) is 0.688. The van der Waals surface area contributed by atoms with Gasteiger partial charge < -0.3 is 15.1 Å². The maximum absolute atomic E-state index is 12.3. The van der Waals surface area contributed by atoms with Crippen LogP contribution < -0.4 is 5.32 Å². The van der Waals surface area contributed by atoms with Gasteiger partial charge in [-0.25, -0.2) is 17.5 Å². The largest absolute Gasteiger partial charge is 0.320 e. The first kappa shape index (κ1) is 13.1. The van der Waals surface area contributed by atoms with Crippen molar-refractivity contribution < 1.29 is 13.2 Å². The zero-order valence-electron chi connectivity index (χ0n) is 11.1. The molecule has 2 amide bonds. The second-order valence-corrected chi connectivity index (χ2v) is 7.53. The molecule has 108 valence electrons. The average molecular weight is 288 g/mol. The predicted octanol–water partition coefficient (Wildman–Crippen LogP) is -1.27. The van der Waals surface area contributed by atoms with Crippen molar-refractivity contribution in [1.82, 2.24) is 19.4 Å². The number of hydrogen-bond donors (Lipinski definition) is 1. The van der Waals surface area contributed by atoms with Crippen LogP contribution >= 0.6 is 0 Å². The summed E-state index contributed by atoms with van der Waals surface area (Å²) in [5, 5.41) is 3.29. The summed E-state index contributed by atoms with van der Waals surface area (Å²) >= 11 is 0. The van der Waals surface area contributed by atoms with Gasteiger partial charge in [-0.1, -0.05) is 0 Å². The molecule has 0 spiro atoms. The first-order valence-corrected chi connectivity index (χ1v) is 8.55. The van der Waals surface area contributed by atoms with Gasteiger partial charge in [0.25, 0.3) is 0 Å². The van der Waals surface area contributed by atoms with E-state index < -0.39 is 10.0 Å². The third-order valence-electron chi connectivity index (χ3n) is 4.28. The monoisotopic (exact) mass is 288 g/mol. The van der Waals surface area contributed by atoms with Gasteiger partial charge in [-0.15, -0.1) is 0 Å². The first-order valence-electron chi connectivity index (χ1n) is 6.70. The molecule has 19 heavy (non-hydrogen) atoms. The van der Waals surface area contributed by atoms with Crippen molar-refractivity contribution in [3.63, 3.8) is 0 Å². The Bertz CT molecular complexity index is 480. The average Bonchev–Trinajstić information content (AvgIpc) is 2.94. The summed E-state index contributed by atoms with van der Waals surface area (Å²) in [5.74, 6) is 0. The van der Waals surface area contributed by atoms with Crippen molar-refractivity contribution in [3.8, 4) is 0 Å². The van der Waals surface area contributed by atoms with E-state index in [9.17, 15) is 13.2 Å². The van der Waals surface area contributed by atoms with Crippen LogP contribution in [0.1, 0.15) is 6.42 Å². The summed E-state index contributed by atoms with van der Waals surface area (Å²) in [6.07, 6.45) is 1.97. The van der Waals surface area contributed by atoms with E-state index >= 15 is 0 Å². The third kappa shape index (κ3) is 2.32. The van der Waals surface area contributed by atoms with E-state index in [-0.39, 0.29) is 18.1 Å². The number of carbonyl (C=O) groups is 1. The predicted molar refractivity (Wildman–Crippen MR) is 70.3 cm³/mol. The summed E-state index contributed by atoms with van der Waals surface area (Å²) in [6.45, 7) is 4.12. The second-order valence-electron chi connectivity index (χ2n) is 5.55. The van der Waals surface area contributed by atoms with E-state index in [1.807, 2.05) is 9.80 Å². The van der Waals surface area contributed by atoms with Crippen LogP contribution in [0.2, 0.25) is 0 Å². The summed E-state index contributed by atoms with van der Waals surface area (Å²) < 4.78 is 24.5. The van der Waals surface area contributed by atoms with E-state index in [0.717, 1.165) is 26.1 Å². The maximum atomic E-state index is 12.3. The molecule has 3 saturated heterocycles. The lowest BCUT2D eigenvalue weighted by Crippen LogP contribution is -2.50. The van der Waals surface area contributed by atoms with Gasteiger partial charge in [0.05, 0.1) is 12.3 Å². The smallest absolute Gasteiger partial charge is 0.318 e. The van der Waals surface area contributed by atoms with Gasteiger partial charge in [-0.3, -0.25) is 0 Å². The molecular weight excluding hydrogens is 268 g/mol. The van der Waals surface area contributed by atoms with Crippen LogP contribution in [-0.4, -0.2) is 86.2 Å². The topological polar surface area (TPSA) is 73.0 Å². The molecular formula is C11H20N4O3S. The van der Waals surface area contributed by atoms with Gasteiger partial charge in [-0.2, -0.15) is 0 Å². The van der Waals surface area contributed by atoms with Gasteiger partial charge >= 0.3 is 6.03 Å². The van der Waals surface area contributed by atoms with Crippen LogP contribution in [0.4, 0.5) is 4.79 Å². The normalized spacial score (nSPS) is 33.0. The van der Waals surface area contributed by atoms with E-state index in [2.05, 4.69) is 5.32 Å². The van der Waals surface area contributed by atoms with E-state index in [1.165, 1.54) is 10.6 Å². The van der Waals surface area contributed by atoms with Crippen molar-refractivity contribution in [2.75, 3.05) is 45.5 Å². The first-order chi connectivity index (χ1) is 8.97. The highest BCUT2D eigenvalue weighted by atomic mass is 32.2. The SMILES string of the molecule is CS(=O)(=O)N1CCC(N2CC3CNCCN3C2=O)C1. The minimum absolute atomic E-state index is 0.0350. The molecule has 3 aliphatic heterocycles. The van der Waals surface area contributed by atoms with Gasteiger partial charge in [0.2, 0.25) is 10.0 Å². The van der Waals surface area contributed by atoms with Gasteiger partial charge in [0.1, 0.15) is 0 Å². The number of nitrogens with one attached hydrogen (secondary N) is 1. The number of nitrogens with zero attached hydrogens (tertiary/aromatic N) is 3. The maximum Gasteiger partial charge on any atom is 0.320 e. The summed E-state index contributed by atoms with van der Waals surface area (Å²) in [4.78, 5) is 16.1. The highest BCUT2D eigenvalue weighted by Crippen LogP contribution is 2.25. The Labute approximate surface area is 113 Å². The Kier molecular flexibility index (Phi) is 3.18. The minimum Gasteiger partial charge on any atom is -0.318 e. The Morgan fingerprint density at radius 1 is 1.16 bits per heavy atom. The van der Waals surface area contributed by atoms with Crippen LogP contribution in [0.5, 0.6) is 0 Å². The number of sulfonamides is 1. The Balaban J connectivity index is 1.69. The molecule has 0 aliphatic carbocycles. The number of amides is 2. The molecule has 3 fully saturated rings. The number of rotatable bonds is 2. The highest BCUT2D eigenvalue weighted by Gasteiger charge is 2.44. The number of piperazine rings is 1. The van der Waals surface area contributed by atoms with E-state index in [0.29, 0.717) is 19.6 Å². The highest BCUT2D eigenvalue weighted by molar-refractivity contribution is 7.88. The van der Waals surface area contributed by atoms with Gasteiger partial charge in [0.15, 0.2) is 0 Å². The van der Waals surface area contributed by atoms with Crippen molar-refractivity contribution >= 4 is 16.1 Å². The molecule has 2 unspecified atom stereocenters. The fraction of sp³-hybridized carbons (Fsp3) is 0.909. The molecule has 0 aromatic rings. The lowest BCUT2D eigenvalue weighted by Gasteiger charge is -2.28. The zero-order chi connectivity index (χ0) is 13.6. The van der Waals surface area contributed by atoms with Crippen LogP contribution in [0.25, 0.3) is 0 Å². The molecule has 3 rings (SSSR count). The number of urea groups is 1. The number of hydrogen-bond acceptors (Lipinski definition) is 4. The number of fused-ring (bicyclic) bond motifs is 1. The second kappa shape index (κ2) is 4.60. The fourth-order valence-electron chi connectivity index (χ4n) is 3.22. The van der Waals surface area contributed by atoms with Crippen LogP contribution in [0, 0.1) is 0 Å². The molecule has 1 N–H and O–H groups in total. The van der Waals surface area contributed by atoms with Crippen molar-refractivity contribution in [2.45, 2.75) is 18.5 Å². The van der Waals surface area contributed by atoms with Crippen molar-refractivity contribution in [2.24, 2.45) is 0 Å². The minimum atomic E-state index is -3.14. The Morgan fingerprint density at radius 3 is 2.58 bits per heavy atom. The summed E-state index contributed by atoms with van der Waals surface area (Å²) in [7, 11) is -3.14. The molecule has 3 heterocycles. The molecule has 0 bridgehead atoms. The molecule has 7 nitrogen and oxygen atoms in total. The molecule has 2 atom stereocenters. The molecule has 0 aromatic heterocycles. The lowest BCUT2D eigenvalue weighted by atomic mass is 10.2. The summed E-state index contributed by atoms with van der Waals surface area (Å²) in [5.41, 5.74) is 0. The molecule has 0 saturated carbocycles. The Hall–Kier alpha value is -0.860. The zero-order valence-corrected chi connectivity index (χ0v) is 11.9. The van der Waals surface area contributed by atoms with E-state index in [1.54, 1.807) is 0 Å². The third-order valence-corrected chi connectivity index (χ3v) is 5.55. The standard InChI is InChI=1S/C11H20N4O3S/c1-19(17,18)13-4-2-9(7-13)15-8-10-6-12-3-5-14(10)11(15)16/h9-10,12H,2-8H2,1H3. The van der Waals surface area contributed by atoms with Gasteiger partial charge in [0, 0.05) is 45.3 Å². The van der Waals surface area contributed by atoms with Crippen LogP contribution in [-0.2, 0) is 10.0 Å². The number of carbonyl (C=O) groups excluding carboxylic acids is 1. The molecule has 3 aliphatic rings. The van der Waals surface area contributed by atoms with Crippen molar-refractivity contribution in [3.05, 3.63) is 0 Å². The van der Waals surface area contributed by atoms with Gasteiger partial charge in [-0.05, 0) is 6.42 Å². The summed E-state index contributed by atoms with van der Waals surface area (Å²) in [6, 6.07) is 0.355. The van der Waals surface area contributed by atoms with Crippen LogP contribution in [0.3, 0.4) is 0 Å². The molecule has 8 heteroatoms. The van der Waals surface area contributed by atoms with E-state index in [4.69, 9.17) is 0 Å². The molecule has 0 radical (unpaired) electrons. The fourth-order valence-corrected chi connectivity index (χ4v) is 4.10. The lowest BCUT2D eigenvalue weighted by molar-refractivity contribution is 0.171. The Morgan fingerprint density at radius 2 is 1.95 bits per heavy atom.